The van der Waals surface area contributed by atoms with Crippen molar-refractivity contribution in [3.63, 3.8) is 0 Å². The molecule has 0 radical (unpaired) electrons. The first kappa shape index (κ1) is 14.2. The maximum absolute atomic E-state index is 13.4. The Morgan fingerprint density at radius 3 is 2.10 bits per heavy atom. The molecular formula is C16H13F3O. The van der Waals surface area contributed by atoms with E-state index >= 15 is 0 Å². The number of halogens is 3. The van der Waals surface area contributed by atoms with Gasteiger partial charge in [-0.15, -0.1) is 0 Å². The lowest BCUT2D eigenvalue weighted by Gasteiger charge is -2.02. The van der Waals surface area contributed by atoms with Crippen molar-refractivity contribution in [2.45, 2.75) is 6.43 Å². The molecule has 1 nitrogen and oxygen atoms in total. The minimum Gasteiger partial charge on any atom is -0.497 e. The van der Waals surface area contributed by atoms with Crippen LogP contribution in [0.25, 0.3) is 12.2 Å². The molecule has 0 spiro atoms. The summed E-state index contributed by atoms with van der Waals surface area (Å²) in [6.07, 6.45) is 0.644. The van der Waals surface area contributed by atoms with E-state index in [0.29, 0.717) is 5.56 Å². The minimum atomic E-state index is -2.80. The van der Waals surface area contributed by atoms with Crippen LogP contribution in [0.3, 0.4) is 0 Å². The third kappa shape index (κ3) is 3.41. The molecule has 0 aromatic heterocycles. The van der Waals surface area contributed by atoms with Crippen LogP contribution >= 0.6 is 0 Å². The minimum absolute atomic E-state index is 0.530. The van der Waals surface area contributed by atoms with E-state index in [1.54, 1.807) is 31.4 Å². The highest BCUT2D eigenvalue weighted by atomic mass is 19.3. The molecule has 0 atom stereocenters. The summed E-state index contributed by atoms with van der Waals surface area (Å²) >= 11 is 0. The van der Waals surface area contributed by atoms with E-state index in [9.17, 15) is 13.2 Å². The molecular weight excluding hydrogens is 265 g/mol. The summed E-state index contributed by atoms with van der Waals surface area (Å²) in [5, 5.41) is 0. The topological polar surface area (TPSA) is 9.23 Å². The Morgan fingerprint density at radius 2 is 1.55 bits per heavy atom. The second kappa shape index (κ2) is 6.28. The molecule has 0 heterocycles. The van der Waals surface area contributed by atoms with E-state index in [1.807, 2.05) is 12.1 Å². The average Bonchev–Trinajstić information content (AvgIpc) is 2.45. The first-order valence-corrected chi connectivity index (χ1v) is 6.00. The third-order valence-corrected chi connectivity index (χ3v) is 2.84. The molecule has 2 aromatic rings. The highest BCUT2D eigenvalue weighted by molar-refractivity contribution is 5.70. The van der Waals surface area contributed by atoms with Crippen LogP contribution in [0.15, 0.2) is 42.5 Å². The van der Waals surface area contributed by atoms with Gasteiger partial charge in [0.25, 0.3) is 6.43 Å². The van der Waals surface area contributed by atoms with E-state index in [0.717, 1.165) is 23.4 Å². The molecule has 0 bridgehead atoms. The molecule has 0 aliphatic heterocycles. The molecule has 20 heavy (non-hydrogen) atoms. The summed E-state index contributed by atoms with van der Waals surface area (Å²) in [6.45, 7) is 0. The summed E-state index contributed by atoms with van der Waals surface area (Å²) in [5.74, 6) is -0.147. The maximum atomic E-state index is 13.4. The predicted molar refractivity (Wildman–Crippen MR) is 73.3 cm³/mol. The van der Waals surface area contributed by atoms with Crippen molar-refractivity contribution in [3.8, 4) is 5.75 Å². The lowest BCUT2D eigenvalue weighted by Crippen LogP contribution is -1.90. The molecule has 0 fully saturated rings. The van der Waals surface area contributed by atoms with Gasteiger partial charge < -0.3 is 4.74 Å². The average molecular weight is 278 g/mol. The van der Waals surface area contributed by atoms with E-state index in [-0.39, 0.29) is 0 Å². The van der Waals surface area contributed by atoms with E-state index < -0.39 is 17.8 Å². The Morgan fingerprint density at radius 1 is 0.950 bits per heavy atom. The fourth-order valence-corrected chi connectivity index (χ4v) is 1.73. The molecule has 0 N–H and O–H groups in total. The van der Waals surface area contributed by atoms with Crippen molar-refractivity contribution in [1.29, 1.82) is 0 Å². The first-order chi connectivity index (χ1) is 9.60. The summed E-state index contributed by atoms with van der Waals surface area (Å²) < 4.78 is 43.3. The second-order valence-corrected chi connectivity index (χ2v) is 4.19. The maximum Gasteiger partial charge on any atom is 0.266 e. The molecule has 104 valence electrons. The lowest BCUT2D eigenvalue weighted by atomic mass is 10.1. The fourth-order valence-electron chi connectivity index (χ4n) is 1.73. The zero-order valence-electron chi connectivity index (χ0n) is 10.8. The van der Waals surface area contributed by atoms with Crippen LogP contribution in [-0.2, 0) is 0 Å². The van der Waals surface area contributed by atoms with Gasteiger partial charge in [0.2, 0.25) is 0 Å². The third-order valence-electron chi connectivity index (χ3n) is 2.84. The van der Waals surface area contributed by atoms with Crippen LogP contribution in [0, 0.1) is 5.82 Å². The number of benzene rings is 2. The van der Waals surface area contributed by atoms with Gasteiger partial charge in [0.15, 0.2) is 0 Å². The van der Waals surface area contributed by atoms with Gasteiger partial charge in [0.1, 0.15) is 11.6 Å². The summed E-state index contributed by atoms with van der Waals surface area (Å²) in [6, 6.07) is 11.0. The number of rotatable bonds is 4. The SMILES string of the molecule is COc1ccc(C=Cc2ccc(C(F)F)c(F)c2)cc1. The van der Waals surface area contributed by atoms with Crippen molar-refractivity contribution in [2.75, 3.05) is 7.11 Å². The molecule has 0 amide bonds. The number of methoxy groups -OCH3 is 1. The lowest BCUT2D eigenvalue weighted by molar-refractivity contribution is 0.146. The Hall–Kier alpha value is -2.23. The largest absolute Gasteiger partial charge is 0.497 e. The van der Waals surface area contributed by atoms with Gasteiger partial charge in [-0.3, -0.25) is 0 Å². The highest BCUT2D eigenvalue weighted by Gasteiger charge is 2.12. The zero-order chi connectivity index (χ0) is 14.5. The monoisotopic (exact) mass is 278 g/mol. The molecule has 0 aliphatic rings. The number of alkyl halides is 2. The Kier molecular flexibility index (Phi) is 4.45. The van der Waals surface area contributed by atoms with Gasteiger partial charge in [-0.05, 0) is 35.4 Å². The normalized spacial score (nSPS) is 11.2. The Labute approximate surface area is 115 Å². The van der Waals surface area contributed by atoms with Crippen molar-refractivity contribution < 1.29 is 17.9 Å². The quantitative estimate of drug-likeness (QED) is 0.719. The van der Waals surface area contributed by atoms with Crippen LogP contribution < -0.4 is 4.74 Å². The van der Waals surface area contributed by atoms with E-state index in [1.165, 1.54) is 6.07 Å². The van der Waals surface area contributed by atoms with Gasteiger partial charge in [0.05, 0.1) is 12.7 Å². The van der Waals surface area contributed by atoms with Crippen LogP contribution in [-0.4, -0.2) is 7.11 Å². The van der Waals surface area contributed by atoms with Crippen LogP contribution in [0.2, 0.25) is 0 Å². The van der Waals surface area contributed by atoms with Gasteiger partial charge >= 0.3 is 0 Å². The standard InChI is InChI=1S/C16H13F3O/c1-20-13-7-4-11(5-8-13)2-3-12-6-9-14(16(18)19)15(17)10-12/h2-10,16H,1H3. The molecule has 2 rings (SSSR count). The van der Waals surface area contributed by atoms with Gasteiger partial charge in [-0.25, -0.2) is 13.2 Å². The number of ether oxygens (including phenoxy) is 1. The summed E-state index contributed by atoms with van der Waals surface area (Å²) in [5.41, 5.74) is 0.860. The predicted octanol–water partition coefficient (Wildman–Crippen LogP) is 4.94. The molecule has 0 saturated carbocycles. The molecule has 2 aromatic carbocycles. The molecule has 0 unspecified atom stereocenters. The molecule has 4 heteroatoms. The van der Waals surface area contributed by atoms with Crippen molar-refractivity contribution in [1.82, 2.24) is 0 Å². The van der Waals surface area contributed by atoms with E-state index in [4.69, 9.17) is 4.74 Å². The van der Waals surface area contributed by atoms with Crippen molar-refractivity contribution >= 4 is 12.2 Å². The number of hydrogen-bond donors (Lipinski definition) is 0. The molecule has 0 saturated heterocycles. The van der Waals surface area contributed by atoms with Gasteiger partial charge in [0, 0.05) is 0 Å². The summed E-state index contributed by atoms with van der Waals surface area (Å²) in [7, 11) is 1.58. The number of hydrogen-bond acceptors (Lipinski definition) is 1. The van der Waals surface area contributed by atoms with Gasteiger partial charge in [-0.2, -0.15) is 0 Å². The zero-order valence-corrected chi connectivity index (χ0v) is 10.8. The van der Waals surface area contributed by atoms with Crippen LogP contribution in [0.5, 0.6) is 5.75 Å². The highest BCUT2D eigenvalue weighted by Crippen LogP contribution is 2.23. The fraction of sp³-hybridized carbons (Fsp3) is 0.125. The smallest absolute Gasteiger partial charge is 0.266 e. The molecule has 0 aliphatic carbocycles. The second-order valence-electron chi connectivity index (χ2n) is 4.19. The van der Waals surface area contributed by atoms with E-state index in [2.05, 4.69) is 0 Å². The van der Waals surface area contributed by atoms with Crippen LogP contribution in [0.4, 0.5) is 13.2 Å². The first-order valence-electron chi connectivity index (χ1n) is 6.00. The Bertz CT molecular complexity index is 604. The Balaban J connectivity index is 2.16. The van der Waals surface area contributed by atoms with Crippen molar-refractivity contribution in [2.24, 2.45) is 0 Å². The van der Waals surface area contributed by atoms with Crippen molar-refractivity contribution in [3.05, 3.63) is 65.0 Å². The summed E-state index contributed by atoms with van der Waals surface area (Å²) in [4.78, 5) is 0. The van der Waals surface area contributed by atoms with Gasteiger partial charge in [-0.1, -0.05) is 30.4 Å². The van der Waals surface area contributed by atoms with Crippen LogP contribution in [0.1, 0.15) is 23.1 Å².